The average Bonchev–Trinajstić information content (AvgIpc) is 2.23. The highest BCUT2D eigenvalue weighted by Gasteiger charge is 2.18. The van der Waals surface area contributed by atoms with Crippen LogP contribution in [0.5, 0.6) is 0 Å². The number of rotatable bonds is 5. The molecule has 18 heavy (non-hydrogen) atoms. The number of thioether (sulfide) groups is 2. The molecule has 0 bridgehead atoms. The van der Waals surface area contributed by atoms with Crippen LogP contribution in [0, 0.1) is 0 Å². The second-order valence-electron chi connectivity index (χ2n) is 3.20. The van der Waals surface area contributed by atoms with Crippen LogP contribution in [-0.2, 0) is 9.13 Å². The Balaban J connectivity index is 2.97. The molecule has 0 aliphatic heterocycles. The molecule has 0 aliphatic rings. The van der Waals surface area contributed by atoms with Crippen molar-refractivity contribution in [1.82, 2.24) is 0 Å². The van der Waals surface area contributed by atoms with Crippen LogP contribution in [0.15, 0.2) is 34.1 Å². The van der Waals surface area contributed by atoms with Gasteiger partial charge < -0.3 is 28.7 Å². The zero-order valence-electron chi connectivity index (χ0n) is 9.05. The van der Waals surface area contributed by atoms with Gasteiger partial charge in [-0.25, -0.2) is 0 Å². The van der Waals surface area contributed by atoms with E-state index in [9.17, 15) is 28.7 Å². The summed E-state index contributed by atoms with van der Waals surface area (Å²) in [7, 11) is -11.0. The first kappa shape index (κ1) is 16.3. The van der Waals surface area contributed by atoms with Crippen molar-refractivity contribution in [2.24, 2.45) is 0 Å². The molecule has 10 heteroatoms. The Morgan fingerprint density at radius 1 is 0.944 bits per heavy atom. The van der Waals surface area contributed by atoms with Gasteiger partial charge >= 0.3 is 0 Å². The molecular weight excluding hydrogens is 318 g/mol. The highest BCUT2D eigenvalue weighted by atomic mass is 32.2. The Morgan fingerprint density at radius 2 is 1.33 bits per heavy atom. The highest BCUT2D eigenvalue weighted by Crippen LogP contribution is 2.57. The summed E-state index contributed by atoms with van der Waals surface area (Å²) in [6, 6.07) is 6.17. The van der Waals surface area contributed by atoms with E-state index in [-0.39, 0.29) is 16.7 Å². The standard InChI is InChI=1S/C8H12O6P2S2/c1-17-6-2-4-7(5-3-6)18-8(15(9,10)11)16(12,13)14/h2-5,8H,1H3,(H2,9,10,11)(H2,12,13,14)/p-4. The summed E-state index contributed by atoms with van der Waals surface area (Å²) in [6.45, 7) is 0. The van der Waals surface area contributed by atoms with Crippen molar-refractivity contribution in [1.29, 1.82) is 0 Å². The van der Waals surface area contributed by atoms with E-state index in [0.717, 1.165) is 4.90 Å². The number of hydrogen-bond donors (Lipinski definition) is 0. The van der Waals surface area contributed by atoms with Gasteiger partial charge in [-0.3, -0.25) is 0 Å². The summed E-state index contributed by atoms with van der Waals surface area (Å²) in [5, 5.41) is 0. The van der Waals surface area contributed by atoms with Crippen LogP contribution in [0.2, 0.25) is 0 Å². The Labute approximate surface area is 113 Å². The molecule has 0 saturated heterocycles. The molecule has 1 aromatic carbocycles. The van der Waals surface area contributed by atoms with Crippen molar-refractivity contribution in [3.8, 4) is 0 Å². The lowest BCUT2D eigenvalue weighted by atomic mass is 10.4. The Bertz CT molecular complexity index is 471. The summed E-state index contributed by atoms with van der Waals surface area (Å²) in [4.78, 5) is 44.2. The van der Waals surface area contributed by atoms with Crippen LogP contribution >= 0.6 is 38.7 Å². The van der Waals surface area contributed by atoms with E-state index in [4.69, 9.17) is 0 Å². The fraction of sp³-hybridized carbons (Fsp3) is 0.250. The molecule has 1 aromatic rings. The minimum atomic E-state index is -5.51. The topological polar surface area (TPSA) is 126 Å². The summed E-state index contributed by atoms with van der Waals surface area (Å²) in [5.74, 6) is 0. The third-order valence-corrected chi connectivity index (χ3v) is 8.30. The van der Waals surface area contributed by atoms with Crippen molar-refractivity contribution in [3.63, 3.8) is 0 Å². The van der Waals surface area contributed by atoms with Gasteiger partial charge in [-0.2, -0.15) is 0 Å². The van der Waals surface area contributed by atoms with E-state index in [1.54, 1.807) is 12.1 Å². The van der Waals surface area contributed by atoms with E-state index in [2.05, 4.69) is 0 Å². The van der Waals surface area contributed by atoms with Gasteiger partial charge in [0.1, 0.15) is 0 Å². The molecule has 0 N–H and O–H groups in total. The number of benzene rings is 1. The van der Waals surface area contributed by atoms with E-state index >= 15 is 0 Å². The first-order chi connectivity index (χ1) is 8.14. The van der Waals surface area contributed by atoms with E-state index in [1.807, 2.05) is 6.26 Å². The molecule has 0 atom stereocenters. The van der Waals surface area contributed by atoms with Crippen molar-refractivity contribution < 1.29 is 28.7 Å². The molecule has 0 heterocycles. The van der Waals surface area contributed by atoms with Crippen molar-refractivity contribution in [2.45, 2.75) is 14.5 Å². The fourth-order valence-electron chi connectivity index (χ4n) is 1.08. The van der Waals surface area contributed by atoms with Crippen LogP contribution < -0.4 is 19.6 Å². The Morgan fingerprint density at radius 3 is 1.67 bits per heavy atom. The van der Waals surface area contributed by atoms with Crippen LogP contribution in [0.25, 0.3) is 0 Å². The summed E-state index contributed by atoms with van der Waals surface area (Å²) < 4.78 is 19.1. The maximum Gasteiger partial charge on any atom is 0.0644 e. The largest absolute Gasteiger partial charge is 0.810 e. The summed E-state index contributed by atoms with van der Waals surface area (Å²) >= 11 is 1.68. The summed E-state index contributed by atoms with van der Waals surface area (Å²) in [6.07, 6.45) is 1.83. The zero-order valence-corrected chi connectivity index (χ0v) is 12.5. The van der Waals surface area contributed by atoms with E-state index in [1.165, 1.54) is 23.9 Å². The van der Waals surface area contributed by atoms with E-state index in [0.29, 0.717) is 0 Å². The van der Waals surface area contributed by atoms with Gasteiger partial charge in [0.25, 0.3) is 0 Å². The average molecular weight is 326 g/mol. The molecule has 0 saturated carbocycles. The minimum absolute atomic E-state index is 0.233. The monoisotopic (exact) mass is 326 g/mol. The van der Waals surface area contributed by atoms with Gasteiger partial charge in [0.2, 0.25) is 0 Å². The van der Waals surface area contributed by atoms with Crippen molar-refractivity contribution >= 4 is 38.7 Å². The molecule has 6 nitrogen and oxygen atoms in total. The lowest BCUT2D eigenvalue weighted by Gasteiger charge is -2.48. The second kappa shape index (κ2) is 6.11. The zero-order chi connectivity index (χ0) is 14.0. The highest BCUT2D eigenvalue weighted by molar-refractivity contribution is 8.11. The van der Waals surface area contributed by atoms with Gasteiger partial charge in [-0.1, -0.05) is 0 Å². The molecule has 0 radical (unpaired) electrons. The van der Waals surface area contributed by atoms with Gasteiger partial charge in [0.15, 0.2) is 0 Å². The lowest BCUT2D eigenvalue weighted by Crippen LogP contribution is -2.31. The van der Waals surface area contributed by atoms with Gasteiger partial charge in [0, 0.05) is 9.79 Å². The van der Waals surface area contributed by atoms with E-state index < -0.39 is 19.9 Å². The lowest BCUT2D eigenvalue weighted by molar-refractivity contribution is -0.326. The van der Waals surface area contributed by atoms with Gasteiger partial charge in [-0.05, 0) is 45.7 Å². The molecule has 0 aliphatic carbocycles. The quantitative estimate of drug-likeness (QED) is 0.529. The van der Waals surface area contributed by atoms with Crippen LogP contribution in [0.1, 0.15) is 0 Å². The predicted molar refractivity (Wildman–Crippen MR) is 63.1 cm³/mol. The maximum atomic E-state index is 10.8. The van der Waals surface area contributed by atoms with Crippen LogP contribution in [0.4, 0.5) is 0 Å². The first-order valence-corrected chi connectivity index (χ1v) is 9.81. The van der Waals surface area contributed by atoms with Crippen LogP contribution in [0.3, 0.4) is 0 Å². The second-order valence-corrected chi connectivity index (χ2v) is 9.56. The molecule has 0 spiro atoms. The molecular formula is C8H8O6P2S2-4. The molecule has 0 fully saturated rings. The maximum absolute atomic E-state index is 10.8. The molecule has 0 aromatic heterocycles. The third kappa shape index (κ3) is 4.72. The Hall–Kier alpha value is 0.220. The van der Waals surface area contributed by atoms with Gasteiger partial charge in [-0.15, -0.1) is 23.5 Å². The molecule has 0 unspecified atom stereocenters. The molecule has 102 valence electrons. The van der Waals surface area contributed by atoms with Gasteiger partial charge in [0.05, 0.1) is 4.73 Å². The molecule has 0 amide bonds. The van der Waals surface area contributed by atoms with Crippen molar-refractivity contribution in [2.75, 3.05) is 6.26 Å². The smallest absolute Gasteiger partial charge is 0.0644 e. The number of hydrogen-bond acceptors (Lipinski definition) is 8. The fourth-order valence-corrected chi connectivity index (χ4v) is 5.17. The first-order valence-electron chi connectivity index (χ1n) is 4.49. The summed E-state index contributed by atoms with van der Waals surface area (Å²) in [5.41, 5.74) is 0. The third-order valence-electron chi connectivity index (χ3n) is 1.84. The predicted octanol–water partition coefficient (Wildman–Crippen LogP) is -0.388. The van der Waals surface area contributed by atoms with Crippen molar-refractivity contribution in [3.05, 3.63) is 24.3 Å². The minimum Gasteiger partial charge on any atom is -0.810 e. The molecule has 1 rings (SSSR count). The SMILES string of the molecule is CSc1ccc(SC(P(=O)([O-])[O-])P(=O)([O-])[O-])cc1. The normalized spacial score (nSPS) is 13.0. The Kier molecular flexibility index (Phi) is 5.53. The van der Waals surface area contributed by atoms with Crippen LogP contribution in [-0.4, -0.2) is 11.0 Å².